The molecule has 0 spiro atoms. The SMILES string of the molecule is O=C(NCCc1cccs1)c1cccc(OCC(F)(F)F)n1. The van der Waals surface area contributed by atoms with Crippen molar-refractivity contribution in [2.24, 2.45) is 0 Å². The molecule has 0 atom stereocenters. The topological polar surface area (TPSA) is 51.2 Å². The van der Waals surface area contributed by atoms with Crippen LogP contribution in [0.15, 0.2) is 35.7 Å². The second-order valence-electron chi connectivity index (χ2n) is 4.35. The van der Waals surface area contributed by atoms with Crippen LogP contribution in [0, 0.1) is 0 Å². The van der Waals surface area contributed by atoms with Crippen LogP contribution in [0.4, 0.5) is 13.2 Å². The lowest BCUT2D eigenvalue weighted by Crippen LogP contribution is -2.26. The van der Waals surface area contributed by atoms with Crippen LogP contribution in [-0.2, 0) is 6.42 Å². The molecule has 0 fully saturated rings. The van der Waals surface area contributed by atoms with Crippen LogP contribution < -0.4 is 10.1 Å². The van der Waals surface area contributed by atoms with Gasteiger partial charge < -0.3 is 10.1 Å². The van der Waals surface area contributed by atoms with Gasteiger partial charge in [0.25, 0.3) is 5.91 Å². The molecule has 0 saturated heterocycles. The van der Waals surface area contributed by atoms with Crippen molar-refractivity contribution >= 4 is 17.2 Å². The number of carbonyl (C=O) groups excluding carboxylic acids is 1. The van der Waals surface area contributed by atoms with Gasteiger partial charge in [-0.15, -0.1) is 11.3 Å². The highest BCUT2D eigenvalue weighted by atomic mass is 32.1. The van der Waals surface area contributed by atoms with Crippen molar-refractivity contribution in [3.63, 3.8) is 0 Å². The first-order chi connectivity index (χ1) is 10.4. The Balaban J connectivity index is 1.86. The average Bonchev–Trinajstić information content (AvgIpc) is 2.98. The van der Waals surface area contributed by atoms with Crippen LogP contribution in [0.3, 0.4) is 0 Å². The van der Waals surface area contributed by atoms with Gasteiger partial charge in [0, 0.05) is 17.5 Å². The van der Waals surface area contributed by atoms with Gasteiger partial charge in [-0.05, 0) is 23.9 Å². The van der Waals surface area contributed by atoms with Gasteiger partial charge in [0.05, 0.1) is 0 Å². The number of halogens is 3. The smallest absolute Gasteiger partial charge is 0.422 e. The molecule has 2 aromatic heterocycles. The van der Waals surface area contributed by atoms with Gasteiger partial charge in [0.15, 0.2) is 6.61 Å². The summed E-state index contributed by atoms with van der Waals surface area (Å²) in [6.07, 6.45) is -3.76. The minimum atomic E-state index is -4.44. The standard InChI is InChI=1S/C14H13F3N2O2S/c15-14(16,17)9-21-12-5-1-4-11(19-12)13(20)18-7-6-10-3-2-8-22-10/h1-5,8H,6-7,9H2,(H,18,20). The third kappa shape index (κ3) is 5.36. The van der Waals surface area contributed by atoms with E-state index in [1.807, 2.05) is 17.5 Å². The molecule has 118 valence electrons. The number of rotatable bonds is 6. The zero-order chi connectivity index (χ0) is 16.0. The maximum atomic E-state index is 12.1. The second-order valence-corrected chi connectivity index (χ2v) is 5.38. The highest BCUT2D eigenvalue weighted by Crippen LogP contribution is 2.17. The first-order valence-corrected chi connectivity index (χ1v) is 7.29. The van der Waals surface area contributed by atoms with Crippen molar-refractivity contribution in [3.05, 3.63) is 46.3 Å². The Hall–Kier alpha value is -2.09. The molecule has 0 saturated carbocycles. The zero-order valence-electron chi connectivity index (χ0n) is 11.4. The Morgan fingerprint density at radius 3 is 2.77 bits per heavy atom. The van der Waals surface area contributed by atoms with E-state index >= 15 is 0 Å². The van der Waals surface area contributed by atoms with E-state index in [0.29, 0.717) is 13.0 Å². The molecule has 1 N–H and O–H groups in total. The maximum Gasteiger partial charge on any atom is 0.422 e. The van der Waals surface area contributed by atoms with E-state index in [1.165, 1.54) is 18.2 Å². The number of alkyl halides is 3. The van der Waals surface area contributed by atoms with Crippen molar-refractivity contribution in [1.82, 2.24) is 10.3 Å². The number of nitrogens with zero attached hydrogens (tertiary/aromatic N) is 1. The van der Waals surface area contributed by atoms with Crippen LogP contribution in [-0.4, -0.2) is 30.2 Å². The molecule has 0 bridgehead atoms. The summed E-state index contributed by atoms with van der Waals surface area (Å²) in [7, 11) is 0. The number of aromatic nitrogens is 1. The zero-order valence-corrected chi connectivity index (χ0v) is 12.2. The minimum absolute atomic E-state index is 0.0193. The summed E-state index contributed by atoms with van der Waals surface area (Å²) in [5, 5.41) is 4.61. The molecule has 8 heteroatoms. The number of amides is 1. The molecule has 4 nitrogen and oxygen atoms in total. The van der Waals surface area contributed by atoms with Crippen molar-refractivity contribution in [2.75, 3.05) is 13.2 Å². The Morgan fingerprint density at radius 2 is 2.09 bits per heavy atom. The Labute approximate surface area is 128 Å². The van der Waals surface area contributed by atoms with Crippen LogP contribution in [0.2, 0.25) is 0 Å². The van der Waals surface area contributed by atoms with E-state index in [1.54, 1.807) is 11.3 Å². The van der Waals surface area contributed by atoms with Gasteiger partial charge in [-0.1, -0.05) is 12.1 Å². The fourth-order valence-electron chi connectivity index (χ4n) is 1.62. The molecule has 0 unspecified atom stereocenters. The monoisotopic (exact) mass is 330 g/mol. The summed E-state index contributed by atoms with van der Waals surface area (Å²) in [4.78, 5) is 16.8. The van der Waals surface area contributed by atoms with Crippen molar-refractivity contribution in [3.8, 4) is 5.88 Å². The molecular formula is C14H13F3N2O2S. The summed E-state index contributed by atoms with van der Waals surface area (Å²) in [5.74, 6) is -0.683. The quantitative estimate of drug-likeness (QED) is 0.886. The van der Waals surface area contributed by atoms with Crippen molar-refractivity contribution in [1.29, 1.82) is 0 Å². The Morgan fingerprint density at radius 1 is 1.27 bits per heavy atom. The van der Waals surface area contributed by atoms with Crippen LogP contribution in [0.5, 0.6) is 5.88 Å². The number of hydrogen-bond acceptors (Lipinski definition) is 4. The molecule has 2 aromatic rings. The van der Waals surface area contributed by atoms with E-state index in [4.69, 9.17) is 0 Å². The first kappa shape index (κ1) is 16.3. The average molecular weight is 330 g/mol. The predicted molar refractivity (Wildman–Crippen MR) is 76.1 cm³/mol. The van der Waals surface area contributed by atoms with Gasteiger partial charge >= 0.3 is 6.18 Å². The lowest BCUT2D eigenvalue weighted by Gasteiger charge is -2.09. The van der Waals surface area contributed by atoms with Crippen LogP contribution >= 0.6 is 11.3 Å². The van der Waals surface area contributed by atoms with Gasteiger partial charge in [0.2, 0.25) is 5.88 Å². The summed E-state index contributed by atoms with van der Waals surface area (Å²) in [6, 6.07) is 7.99. The molecule has 0 aromatic carbocycles. The minimum Gasteiger partial charge on any atom is -0.468 e. The van der Waals surface area contributed by atoms with Gasteiger partial charge in [0.1, 0.15) is 5.69 Å². The summed E-state index contributed by atoms with van der Waals surface area (Å²) < 4.78 is 40.7. The number of nitrogens with one attached hydrogen (secondary N) is 1. The van der Waals surface area contributed by atoms with E-state index in [9.17, 15) is 18.0 Å². The first-order valence-electron chi connectivity index (χ1n) is 6.41. The van der Waals surface area contributed by atoms with Crippen molar-refractivity contribution in [2.45, 2.75) is 12.6 Å². The maximum absolute atomic E-state index is 12.1. The lowest BCUT2D eigenvalue weighted by molar-refractivity contribution is -0.154. The third-order valence-corrected chi connectivity index (χ3v) is 3.51. The molecule has 2 heterocycles. The lowest BCUT2D eigenvalue weighted by atomic mass is 10.3. The molecule has 1 amide bonds. The highest BCUT2D eigenvalue weighted by Gasteiger charge is 2.28. The van der Waals surface area contributed by atoms with Crippen LogP contribution in [0.25, 0.3) is 0 Å². The fourth-order valence-corrected chi connectivity index (χ4v) is 2.33. The van der Waals surface area contributed by atoms with Gasteiger partial charge in [-0.3, -0.25) is 4.79 Å². The molecular weight excluding hydrogens is 317 g/mol. The van der Waals surface area contributed by atoms with Gasteiger partial charge in [-0.2, -0.15) is 13.2 Å². The van der Waals surface area contributed by atoms with Gasteiger partial charge in [-0.25, -0.2) is 4.98 Å². The number of hydrogen-bond donors (Lipinski definition) is 1. The third-order valence-electron chi connectivity index (χ3n) is 2.58. The summed E-state index contributed by atoms with van der Waals surface area (Å²) in [6.45, 7) is -1.02. The molecule has 22 heavy (non-hydrogen) atoms. The highest BCUT2D eigenvalue weighted by molar-refractivity contribution is 7.09. The summed E-state index contributed by atoms with van der Waals surface area (Å²) in [5.41, 5.74) is 0.0193. The molecule has 0 aliphatic carbocycles. The number of ether oxygens (including phenoxy) is 1. The normalized spacial score (nSPS) is 11.2. The Bertz CT molecular complexity index is 615. The van der Waals surface area contributed by atoms with E-state index < -0.39 is 18.7 Å². The number of pyridine rings is 1. The molecule has 0 radical (unpaired) electrons. The molecule has 0 aliphatic rings. The van der Waals surface area contributed by atoms with Crippen molar-refractivity contribution < 1.29 is 22.7 Å². The fraction of sp³-hybridized carbons (Fsp3) is 0.286. The largest absolute Gasteiger partial charge is 0.468 e. The second kappa shape index (κ2) is 7.26. The van der Waals surface area contributed by atoms with Crippen LogP contribution in [0.1, 0.15) is 15.4 Å². The Kier molecular flexibility index (Phi) is 5.37. The number of carbonyl (C=O) groups is 1. The predicted octanol–water partition coefficient (Wildman–Crippen LogP) is 3.06. The van der Waals surface area contributed by atoms with E-state index in [0.717, 1.165) is 4.88 Å². The molecule has 2 rings (SSSR count). The summed E-state index contributed by atoms with van der Waals surface area (Å²) >= 11 is 1.59. The molecule has 0 aliphatic heterocycles. The number of thiophene rings is 1. The van der Waals surface area contributed by atoms with E-state index in [2.05, 4.69) is 15.0 Å². The van der Waals surface area contributed by atoms with E-state index in [-0.39, 0.29) is 11.6 Å².